The van der Waals surface area contributed by atoms with Crippen LogP contribution in [0.5, 0.6) is 0 Å². The molecule has 1 N–H and O–H groups in total. The topological polar surface area (TPSA) is 74.7 Å². The minimum atomic E-state index is -3.00. The number of hydrogen-bond donors (Lipinski definition) is 1. The van der Waals surface area contributed by atoms with Crippen LogP contribution in [0.25, 0.3) is 0 Å². The van der Waals surface area contributed by atoms with E-state index in [0.717, 1.165) is 15.3 Å². The van der Waals surface area contributed by atoms with Crippen molar-refractivity contribution in [2.45, 2.75) is 13.8 Å². The molecule has 0 saturated heterocycles. The number of rotatable bonds is 3. The van der Waals surface area contributed by atoms with Gasteiger partial charge in [0.15, 0.2) is 0 Å². The Morgan fingerprint density at radius 3 is 2.25 bits per heavy atom. The van der Waals surface area contributed by atoms with Gasteiger partial charge in [0.05, 0.1) is 0 Å². The first kappa shape index (κ1) is 9.26. The van der Waals surface area contributed by atoms with E-state index in [2.05, 4.69) is 12.5 Å². The van der Waals surface area contributed by atoms with Crippen molar-refractivity contribution in [2.24, 2.45) is 7.47 Å². The van der Waals surface area contributed by atoms with Gasteiger partial charge < -0.3 is 0 Å². The third-order valence-electron chi connectivity index (χ3n) is 1.44. The first-order valence-electron chi connectivity index (χ1n) is 3.26. The van der Waals surface area contributed by atoms with E-state index in [4.69, 9.17) is 0 Å². The number of aromatic amines is 1. The first-order chi connectivity index (χ1) is 5.69. The van der Waals surface area contributed by atoms with E-state index in [1.807, 2.05) is 13.8 Å². The molecule has 0 aliphatic rings. The second-order valence-electron chi connectivity index (χ2n) is 2.35. The summed E-state index contributed by atoms with van der Waals surface area (Å²) in [5.74, 6) is 0. The van der Waals surface area contributed by atoms with Crippen LogP contribution in [0, 0.1) is 23.7 Å². The van der Waals surface area contributed by atoms with Gasteiger partial charge in [-0.3, -0.25) is 0 Å². The molecule has 0 aromatic carbocycles. The molecule has 0 bridgehead atoms. The molecule has 0 amide bonds. The standard InChI is InChI=1S/C6H8N.2NO.W/c1-5-3-4-6(2)7-5;2*1-2;/h3,7H,1-2H3;;;/q;2*-1;+2. The monoisotopic (exact) mass is 338 g/mol. The Balaban J connectivity index is 3.07. The van der Waals surface area contributed by atoms with Crippen LogP contribution in [0.4, 0.5) is 0 Å². The zero-order valence-electron chi connectivity index (χ0n) is 6.70. The molecule has 12 heavy (non-hydrogen) atoms. The van der Waals surface area contributed by atoms with Gasteiger partial charge in [0, 0.05) is 0 Å². The van der Waals surface area contributed by atoms with Crippen molar-refractivity contribution >= 4 is 3.95 Å². The molecule has 0 unspecified atom stereocenters. The van der Waals surface area contributed by atoms with Gasteiger partial charge in [-0.15, -0.1) is 0 Å². The van der Waals surface area contributed by atoms with Crippen molar-refractivity contribution in [3.05, 3.63) is 27.3 Å². The van der Waals surface area contributed by atoms with Gasteiger partial charge in [-0.2, -0.15) is 0 Å². The molecule has 1 aromatic rings. The molecular formula is C6H8N3O2W. The molecule has 5 nitrogen and oxygen atoms in total. The summed E-state index contributed by atoms with van der Waals surface area (Å²) >= 11 is -3.00. The van der Waals surface area contributed by atoms with E-state index in [1.54, 1.807) is 6.07 Å². The van der Waals surface area contributed by atoms with Crippen molar-refractivity contribution < 1.29 is 17.8 Å². The van der Waals surface area contributed by atoms with Crippen LogP contribution in [0.2, 0.25) is 0 Å². The molecule has 0 saturated carbocycles. The third kappa shape index (κ3) is 1.66. The van der Waals surface area contributed by atoms with Crippen LogP contribution >= 0.6 is 0 Å². The first-order valence-corrected chi connectivity index (χ1v) is 7.35. The maximum atomic E-state index is 10.2. The molecule has 65 valence electrons. The van der Waals surface area contributed by atoms with E-state index >= 15 is 0 Å². The molecule has 0 spiro atoms. The second kappa shape index (κ2) is 3.71. The van der Waals surface area contributed by atoms with Crippen LogP contribution in [0.3, 0.4) is 0 Å². The number of aromatic nitrogens is 1. The van der Waals surface area contributed by atoms with Gasteiger partial charge in [0.1, 0.15) is 0 Å². The zero-order valence-corrected chi connectivity index (χ0v) is 9.63. The summed E-state index contributed by atoms with van der Waals surface area (Å²) in [7, 11) is 0. The summed E-state index contributed by atoms with van der Waals surface area (Å²) < 4.78 is 6.34. The Kier molecular flexibility index (Phi) is 2.87. The fourth-order valence-corrected chi connectivity index (χ4v) is 3.84. The van der Waals surface area contributed by atoms with Crippen LogP contribution in [-0.2, 0) is 17.8 Å². The Hall–Kier alpha value is -0.832. The molecule has 1 rings (SSSR count). The van der Waals surface area contributed by atoms with E-state index < -0.39 is 17.8 Å². The van der Waals surface area contributed by atoms with Crippen molar-refractivity contribution in [2.75, 3.05) is 0 Å². The number of nitrogens with zero attached hydrogens (tertiary/aromatic N) is 2. The van der Waals surface area contributed by atoms with Crippen molar-refractivity contribution in [3.8, 4) is 0 Å². The average molecular weight is 338 g/mol. The molecule has 0 aliphatic heterocycles. The Bertz CT molecular complexity index is 302. The van der Waals surface area contributed by atoms with Crippen molar-refractivity contribution in [1.29, 1.82) is 0 Å². The molecule has 1 heterocycles. The summed E-state index contributed by atoms with van der Waals surface area (Å²) in [6.45, 7) is 3.69. The fourth-order valence-electron chi connectivity index (χ4n) is 0.982. The fraction of sp³-hybridized carbons (Fsp3) is 0.333. The normalized spacial score (nSPS) is 10.2. The van der Waals surface area contributed by atoms with Crippen molar-refractivity contribution in [3.63, 3.8) is 0 Å². The van der Waals surface area contributed by atoms with E-state index in [1.165, 1.54) is 0 Å². The van der Waals surface area contributed by atoms with Crippen molar-refractivity contribution in [1.82, 2.24) is 4.98 Å². The van der Waals surface area contributed by atoms with Gasteiger partial charge in [0.25, 0.3) is 0 Å². The van der Waals surface area contributed by atoms with Gasteiger partial charge in [0.2, 0.25) is 0 Å². The maximum absolute atomic E-state index is 10.2. The van der Waals surface area contributed by atoms with Gasteiger partial charge >= 0.3 is 75.3 Å². The summed E-state index contributed by atoms with van der Waals surface area (Å²) in [6.07, 6.45) is 0. The van der Waals surface area contributed by atoms with Crippen LogP contribution < -0.4 is 3.95 Å². The predicted octanol–water partition coefficient (Wildman–Crippen LogP) is 1.24. The second-order valence-corrected chi connectivity index (χ2v) is 6.90. The minimum absolute atomic E-state index is 0.748. The number of nitroso groups, excluding NO2 is 2. The Morgan fingerprint density at radius 2 is 1.92 bits per heavy atom. The van der Waals surface area contributed by atoms with Crippen LogP contribution in [-0.4, -0.2) is 4.98 Å². The van der Waals surface area contributed by atoms with Gasteiger partial charge in [-0.05, 0) is 0 Å². The molecule has 0 radical (unpaired) electrons. The van der Waals surface area contributed by atoms with E-state index in [0.29, 0.717) is 0 Å². The molecular weight excluding hydrogens is 330 g/mol. The van der Waals surface area contributed by atoms with E-state index in [9.17, 15) is 9.81 Å². The number of hydrogen-bond acceptors (Lipinski definition) is 4. The number of aryl methyl sites for hydroxylation is 2. The van der Waals surface area contributed by atoms with Crippen LogP contribution in [0.15, 0.2) is 13.5 Å². The summed E-state index contributed by atoms with van der Waals surface area (Å²) in [5.41, 5.74) is 1.78. The van der Waals surface area contributed by atoms with Gasteiger partial charge in [-0.1, -0.05) is 0 Å². The zero-order chi connectivity index (χ0) is 9.14. The van der Waals surface area contributed by atoms with Gasteiger partial charge in [-0.25, -0.2) is 0 Å². The quantitative estimate of drug-likeness (QED) is 0.842. The molecule has 0 aliphatic carbocycles. The third-order valence-corrected chi connectivity index (χ3v) is 5.39. The molecule has 1 aromatic heterocycles. The summed E-state index contributed by atoms with van der Waals surface area (Å²) in [5, 5.41) is 0. The van der Waals surface area contributed by atoms with Crippen LogP contribution in [0.1, 0.15) is 11.4 Å². The molecule has 6 heteroatoms. The Labute approximate surface area is 75.7 Å². The summed E-state index contributed by atoms with van der Waals surface area (Å²) in [6, 6.07) is 1.78. The number of H-pyrrole nitrogens is 1. The number of nitrogens with one attached hydrogen (secondary N) is 1. The molecule has 0 atom stereocenters. The summed E-state index contributed by atoms with van der Waals surface area (Å²) in [4.78, 5) is 23.5. The van der Waals surface area contributed by atoms with E-state index in [-0.39, 0.29) is 0 Å². The molecule has 0 fully saturated rings. The Morgan fingerprint density at radius 1 is 1.33 bits per heavy atom. The SMILES string of the molecule is Cc1c[c]([W]([N]=O)[N]=O)c(C)[nH]1. The predicted molar refractivity (Wildman–Crippen MR) is 41.5 cm³/mol. The average Bonchev–Trinajstić information content (AvgIpc) is 2.34.